The Morgan fingerprint density at radius 1 is 1.33 bits per heavy atom. The van der Waals surface area contributed by atoms with Gasteiger partial charge in [-0.2, -0.15) is 0 Å². The van der Waals surface area contributed by atoms with Crippen LogP contribution in [0.15, 0.2) is 24.3 Å². The molecular formula is C14H17NO3. The third kappa shape index (κ3) is 2.70. The summed E-state index contributed by atoms with van der Waals surface area (Å²) < 4.78 is 0. The van der Waals surface area contributed by atoms with E-state index in [9.17, 15) is 9.59 Å². The Morgan fingerprint density at radius 2 is 1.94 bits per heavy atom. The number of carboxylic acid groups (broad SMARTS) is 1. The summed E-state index contributed by atoms with van der Waals surface area (Å²) in [6, 6.07) is 8.09. The molecule has 0 aliphatic carbocycles. The number of amides is 1. The molecule has 1 N–H and O–H groups in total. The quantitative estimate of drug-likeness (QED) is 0.880. The lowest BCUT2D eigenvalue weighted by Crippen LogP contribution is -2.25. The van der Waals surface area contributed by atoms with Gasteiger partial charge in [-0.1, -0.05) is 31.2 Å². The first kappa shape index (κ1) is 12.6. The molecular weight excluding hydrogens is 230 g/mol. The maximum absolute atomic E-state index is 11.7. The van der Waals surface area contributed by atoms with Crippen LogP contribution < -0.4 is 0 Å². The van der Waals surface area contributed by atoms with E-state index in [-0.39, 0.29) is 12.3 Å². The van der Waals surface area contributed by atoms with E-state index in [1.165, 1.54) is 5.56 Å². The second-order valence-corrected chi connectivity index (χ2v) is 4.68. The highest BCUT2D eigenvalue weighted by Gasteiger charge is 2.33. The van der Waals surface area contributed by atoms with Crippen LogP contribution in [0.5, 0.6) is 0 Å². The minimum absolute atomic E-state index is 0.0676. The molecule has 0 bridgehead atoms. The smallest absolute Gasteiger partial charge is 0.308 e. The molecule has 4 heteroatoms. The Kier molecular flexibility index (Phi) is 3.65. The summed E-state index contributed by atoms with van der Waals surface area (Å²) in [5.41, 5.74) is 2.31. The third-order valence-corrected chi connectivity index (χ3v) is 3.37. The van der Waals surface area contributed by atoms with Gasteiger partial charge < -0.3 is 10.0 Å². The third-order valence-electron chi connectivity index (χ3n) is 3.37. The molecule has 1 saturated heterocycles. The van der Waals surface area contributed by atoms with Crippen molar-refractivity contribution >= 4 is 11.9 Å². The predicted octanol–water partition coefficient (Wildman–Crippen LogP) is 1.68. The Bertz CT molecular complexity index is 453. The Labute approximate surface area is 106 Å². The molecule has 1 fully saturated rings. The first-order valence-corrected chi connectivity index (χ1v) is 6.18. The standard InChI is InChI=1S/C14H17NO3/c1-2-10-3-5-11(6-4-10)8-15-9-12(14(17)18)7-13(15)16/h3-6,12H,2,7-9H2,1H3,(H,17,18). The monoisotopic (exact) mass is 247 g/mol. The van der Waals surface area contributed by atoms with Gasteiger partial charge in [0.2, 0.25) is 5.91 Å². The number of carboxylic acids is 1. The number of aryl methyl sites for hydroxylation is 1. The zero-order chi connectivity index (χ0) is 13.1. The van der Waals surface area contributed by atoms with Gasteiger partial charge in [0.1, 0.15) is 0 Å². The molecule has 1 aliphatic heterocycles. The van der Waals surface area contributed by atoms with Crippen molar-refractivity contribution in [2.45, 2.75) is 26.3 Å². The summed E-state index contributed by atoms with van der Waals surface area (Å²) in [6.07, 6.45) is 1.12. The van der Waals surface area contributed by atoms with Crippen LogP contribution in [-0.2, 0) is 22.6 Å². The molecule has 0 spiro atoms. The first-order chi connectivity index (χ1) is 8.60. The zero-order valence-corrected chi connectivity index (χ0v) is 10.4. The van der Waals surface area contributed by atoms with Crippen molar-refractivity contribution in [3.63, 3.8) is 0 Å². The van der Waals surface area contributed by atoms with Crippen molar-refractivity contribution in [3.8, 4) is 0 Å². The molecule has 2 rings (SSSR count). The highest BCUT2D eigenvalue weighted by molar-refractivity contribution is 5.86. The molecule has 1 aromatic carbocycles. The van der Waals surface area contributed by atoms with Crippen LogP contribution in [0.1, 0.15) is 24.5 Å². The summed E-state index contributed by atoms with van der Waals surface area (Å²) in [7, 11) is 0. The van der Waals surface area contributed by atoms with Gasteiger partial charge in [-0.25, -0.2) is 0 Å². The van der Waals surface area contributed by atoms with Gasteiger partial charge in [-0.05, 0) is 17.5 Å². The second kappa shape index (κ2) is 5.21. The fraction of sp³-hybridized carbons (Fsp3) is 0.429. The number of carbonyl (C=O) groups is 2. The van der Waals surface area contributed by atoms with Crippen molar-refractivity contribution in [1.82, 2.24) is 4.90 Å². The number of hydrogen-bond acceptors (Lipinski definition) is 2. The van der Waals surface area contributed by atoms with Crippen molar-refractivity contribution < 1.29 is 14.7 Å². The van der Waals surface area contributed by atoms with Crippen molar-refractivity contribution in [1.29, 1.82) is 0 Å². The molecule has 0 radical (unpaired) electrons. The second-order valence-electron chi connectivity index (χ2n) is 4.68. The number of likely N-dealkylation sites (tertiary alicyclic amines) is 1. The summed E-state index contributed by atoms with van der Waals surface area (Å²) in [5, 5.41) is 8.90. The highest BCUT2D eigenvalue weighted by atomic mass is 16.4. The van der Waals surface area contributed by atoms with E-state index in [0.717, 1.165) is 12.0 Å². The average molecular weight is 247 g/mol. The van der Waals surface area contributed by atoms with E-state index in [1.54, 1.807) is 4.90 Å². The average Bonchev–Trinajstić information content (AvgIpc) is 2.72. The summed E-state index contributed by atoms with van der Waals surface area (Å²) >= 11 is 0. The van der Waals surface area contributed by atoms with Gasteiger partial charge in [0.25, 0.3) is 0 Å². The van der Waals surface area contributed by atoms with E-state index in [2.05, 4.69) is 6.92 Å². The molecule has 1 unspecified atom stereocenters. The molecule has 1 amide bonds. The fourth-order valence-corrected chi connectivity index (χ4v) is 2.19. The minimum atomic E-state index is -0.882. The van der Waals surface area contributed by atoms with Crippen molar-refractivity contribution in [2.24, 2.45) is 5.92 Å². The first-order valence-electron chi connectivity index (χ1n) is 6.18. The molecule has 0 aromatic heterocycles. The lowest BCUT2D eigenvalue weighted by molar-refractivity contribution is -0.141. The zero-order valence-electron chi connectivity index (χ0n) is 10.4. The molecule has 1 aliphatic rings. The fourth-order valence-electron chi connectivity index (χ4n) is 2.19. The molecule has 18 heavy (non-hydrogen) atoms. The van der Waals surface area contributed by atoms with E-state index in [0.29, 0.717) is 13.1 Å². The summed E-state index contributed by atoms with van der Waals surface area (Å²) in [6.45, 7) is 2.92. The maximum Gasteiger partial charge on any atom is 0.308 e. The van der Waals surface area contributed by atoms with E-state index in [1.807, 2.05) is 24.3 Å². The van der Waals surface area contributed by atoms with E-state index in [4.69, 9.17) is 5.11 Å². The normalized spacial score (nSPS) is 19.3. The lowest BCUT2D eigenvalue weighted by Gasteiger charge is -2.16. The Morgan fingerprint density at radius 3 is 2.44 bits per heavy atom. The number of hydrogen-bond donors (Lipinski definition) is 1. The van der Waals surface area contributed by atoms with Gasteiger partial charge >= 0.3 is 5.97 Å². The molecule has 1 atom stereocenters. The number of benzene rings is 1. The number of rotatable bonds is 4. The molecule has 1 heterocycles. The van der Waals surface area contributed by atoms with Gasteiger partial charge in [0.15, 0.2) is 0 Å². The summed E-state index contributed by atoms with van der Waals surface area (Å²) in [4.78, 5) is 24.2. The largest absolute Gasteiger partial charge is 0.481 e. The van der Waals surface area contributed by atoms with Crippen LogP contribution in [0, 0.1) is 5.92 Å². The Hall–Kier alpha value is -1.84. The minimum Gasteiger partial charge on any atom is -0.481 e. The van der Waals surface area contributed by atoms with Gasteiger partial charge in [0, 0.05) is 19.5 Å². The van der Waals surface area contributed by atoms with Gasteiger partial charge in [-0.15, -0.1) is 0 Å². The van der Waals surface area contributed by atoms with Crippen LogP contribution in [0.2, 0.25) is 0 Å². The summed E-state index contributed by atoms with van der Waals surface area (Å²) in [5.74, 6) is -1.50. The number of carbonyl (C=O) groups excluding carboxylic acids is 1. The van der Waals surface area contributed by atoms with Crippen molar-refractivity contribution in [3.05, 3.63) is 35.4 Å². The molecule has 96 valence electrons. The van der Waals surface area contributed by atoms with Gasteiger partial charge in [0.05, 0.1) is 5.92 Å². The molecule has 0 saturated carbocycles. The lowest BCUT2D eigenvalue weighted by atomic mass is 10.1. The van der Waals surface area contributed by atoms with Crippen LogP contribution in [0.3, 0.4) is 0 Å². The van der Waals surface area contributed by atoms with E-state index < -0.39 is 11.9 Å². The van der Waals surface area contributed by atoms with Crippen LogP contribution in [0.25, 0.3) is 0 Å². The predicted molar refractivity (Wildman–Crippen MR) is 67.0 cm³/mol. The topological polar surface area (TPSA) is 57.6 Å². The van der Waals surface area contributed by atoms with Crippen LogP contribution in [0.4, 0.5) is 0 Å². The van der Waals surface area contributed by atoms with Crippen LogP contribution >= 0.6 is 0 Å². The maximum atomic E-state index is 11.7. The highest BCUT2D eigenvalue weighted by Crippen LogP contribution is 2.20. The number of aliphatic carboxylic acids is 1. The molecule has 4 nitrogen and oxygen atoms in total. The van der Waals surface area contributed by atoms with Crippen LogP contribution in [-0.4, -0.2) is 28.4 Å². The van der Waals surface area contributed by atoms with Crippen molar-refractivity contribution in [2.75, 3.05) is 6.54 Å². The van der Waals surface area contributed by atoms with E-state index >= 15 is 0 Å². The van der Waals surface area contributed by atoms with Gasteiger partial charge in [-0.3, -0.25) is 9.59 Å². The Balaban J connectivity index is 2.01. The number of nitrogens with zero attached hydrogens (tertiary/aromatic N) is 1. The molecule has 1 aromatic rings. The SMILES string of the molecule is CCc1ccc(CN2CC(C(=O)O)CC2=O)cc1.